The van der Waals surface area contributed by atoms with Crippen molar-refractivity contribution in [3.63, 3.8) is 0 Å². The molecule has 0 saturated heterocycles. The van der Waals surface area contributed by atoms with Gasteiger partial charge >= 0.3 is 6.61 Å². The van der Waals surface area contributed by atoms with E-state index in [2.05, 4.69) is 10.1 Å². The molecule has 26 heavy (non-hydrogen) atoms. The molecule has 7 heteroatoms. The molecule has 0 bridgehead atoms. The number of halogens is 2. The van der Waals surface area contributed by atoms with Gasteiger partial charge in [-0.2, -0.15) is 8.78 Å². The molecule has 5 nitrogen and oxygen atoms in total. The van der Waals surface area contributed by atoms with Crippen LogP contribution in [0, 0.1) is 6.92 Å². The average molecular weight is 362 g/mol. The zero-order chi connectivity index (χ0) is 19.1. The van der Waals surface area contributed by atoms with E-state index in [0.29, 0.717) is 6.54 Å². The lowest BCUT2D eigenvalue weighted by Gasteiger charge is -2.18. The zero-order valence-electron chi connectivity index (χ0n) is 14.5. The Morgan fingerprint density at radius 1 is 1.15 bits per heavy atom. The van der Waals surface area contributed by atoms with Crippen LogP contribution in [0.25, 0.3) is 0 Å². The number of hydrogen-bond donors (Lipinski definition) is 1. The molecule has 2 aromatic rings. The molecule has 2 amide bonds. The highest BCUT2D eigenvalue weighted by molar-refractivity contribution is 5.96. The van der Waals surface area contributed by atoms with Crippen molar-refractivity contribution in [2.75, 3.05) is 13.6 Å². The van der Waals surface area contributed by atoms with Crippen molar-refractivity contribution in [1.29, 1.82) is 0 Å². The summed E-state index contributed by atoms with van der Waals surface area (Å²) in [6, 6.07) is 13.2. The fraction of sp³-hybridized carbons (Fsp3) is 0.263. The number of nitrogens with zero attached hydrogens (tertiary/aromatic N) is 1. The Bertz CT molecular complexity index is 764. The molecule has 0 radical (unpaired) electrons. The molecule has 0 aromatic heterocycles. The molecule has 0 heterocycles. The fourth-order valence-electron chi connectivity index (χ4n) is 2.26. The number of alkyl halides is 2. The zero-order valence-corrected chi connectivity index (χ0v) is 14.5. The first kappa shape index (κ1) is 19.4. The number of nitrogens with one attached hydrogen (secondary N) is 1. The first-order chi connectivity index (χ1) is 12.3. The SMILES string of the molecule is Cc1ccc(CN(C)C(=O)CNC(=O)c2cccc(OC(F)F)c2)cc1. The normalized spacial score (nSPS) is 10.5. The Hall–Kier alpha value is -2.96. The summed E-state index contributed by atoms with van der Waals surface area (Å²) >= 11 is 0. The highest BCUT2D eigenvalue weighted by Crippen LogP contribution is 2.15. The van der Waals surface area contributed by atoms with Crippen molar-refractivity contribution >= 4 is 11.8 Å². The molecule has 0 atom stereocenters. The van der Waals surface area contributed by atoms with Gasteiger partial charge in [-0.05, 0) is 30.7 Å². The molecule has 2 rings (SSSR count). The van der Waals surface area contributed by atoms with Crippen molar-refractivity contribution < 1.29 is 23.1 Å². The highest BCUT2D eigenvalue weighted by Gasteiger charge is 2.13. The predicted octanol–water partition coefficient (Wildman–Crippen LogP) is 2.98. The van der Waals surface area contributed by atoms with Crippen LogP contribution in [0.3, 0.4) is 0 Å². The standard InChI is InChI=1S/C19H20F2N2O3/c1-13-6-8-14(9-7-13)12-23(2)17(24)11-22-18(25)15-4-3-5-16(10-15)26-19(20)21/h3-10,19H,11-12H2,1-2H3,(H,22,25). The Labute approximate surface area is 150 Å². The molecule has 0 aliphatic rings. The smallest absolute Gasteiger partial charge is 0.387 e. The van der Waals surface area contributed by atoms with Gasteiger partial charge in [0.25, 0.3) is 5.91 Å². The van der Waals surface area contributed by atoms with Gasteiger partial charge in [0.05, 0.1) is 6.54 Å². The van der Waals surface area contributed by atoms with Gasteiger partial charge in [-0.3, -0.25) is 9.59 Å². The molecule has 0 spiro atoms. The van der Waals surface area contributed by atoms with Crippen LogP contribution in [0.15, 0.2) is 48.5 Å². The quantitative estimate of drug-likeness (QED) is 0.824. The van der Waals surface area contributed by atoms with Gasteiger partial charge in [-0.1, -0.05) is 35.9 Å². The molecule has 0 fully saturated rings. The van der Waals surface area contributed by atoms with Crippen molar-refractivity contribution in [3.8, 4) is 5.75 Å². The minimum atomic E-state index is -2.97. The molecule has 0 unspecified atom stereocenters. The van der Waals surface area contributed by atoms with Gasteiger partial charge in [-0.25, -0.2) is 0 Å². The summed E-state index contributed by atoms with van der Waals surface area (Å²) in [5.41, 5.74) is 2.25. The number of aryl methyl sites for hydroxylation is 1. The van der Waals surface area contributed by atoms with Gasteiger partial charge in [0.1, 0.15) is 5.75 Å². The molecular formula is C19H20F2N2O3. The molecule has 0 saturated carbocycles. The summed E-state index contributed by atoms with van der Waals surface area (Å²) in [5, 5.41) is 2.48. The van der Waals surface area contributed by atoms with Gasteiger partial charge in [0.15, 0.2) is 0 Å². The van der Waals surface area contributed by atoms with Crippen molar-refractivity contribution in [1.82, 2.24) is 10.2 Å². The summed E-state index contributed by atoms with van der Waals surface area (Å²) in [4.78, 5) is 25.7. The third kappa shape index (κ3) is 5.84. The largest absolute Gasteiger partial charge is 0.435 e. The number of hydrogen-bond acceptors (Lipinski definition) is 3. The first-order valence-electron chi connectivity index (χ1n) is 7.97. The second-order valence-corrected chi connectivity index (χ2v) is 5.82. The van der Waals surface area contributed by atoms with E-state index in [1.165, 1.54) is 29.2 Å². The number of ether oxygens (including phenoxy) is 1. The number of likely N-dealkylation sites (N-methyl/N-ethyl adjacent to an activating group) is 1. The average Bonchev–Trinajstić information content (AvgIpc) is 2.61. The van der Waals surface area contributed by atoms with E-state index in [1.807, 2.05) is 31.2 Å². The van der Waals surface area contributed by atoms with E-state index >= 15 is 0 Å². The van der Waals surface area contributed by atoms with E-state index in [4.69, 9.17) is 0 Å². The maximum Gasteiger partial charge on any atom is 0.387 e. The van der Waals surface area contributed by atoms with Crippen molar-refractivity contribution in [3.05, 3.63) is 65.2 Å². The molecule has 138 valence electrons. The maximum absolute atomic E-state index is 12.2. The molecular weight excluding hydrogens is 342 g/mol. The third-order valence-corrected chi connectivity index (χ3v) is 3.69. The third-order valence-electron chi connectivity index (χ3n) is 3.69. The Morgan fingerprint density at radius 2 is 1.85 bits per heavy atom. The van der Waals surface area contributed by atoms with Crippen LogP contribution in [0.4, 0.5) is 8.78 Å². The van der Waals surface area contributed by atoms with Crippen LogP contribution in [-0.2, 0) is 11.3 Å². The lowest BCUT2D eigenvalue weighted by Crippen LogP contribution is -2.37. The van der Waals surface area contributed by atoms with E-state index in [-0.39, 0.29) is 23.8 Å². The van der Waals surface area contributed by atoms with Gasteiger partial charge < -0.3 is 15.0 Å². The van der Waals surface area contributed by atoms with Crippen molar-refractivity contribution in [2.24, 2.45) is 0 Å². The van der Waals surface area contributed by atoms with Crippen LogP contribution in [0.1, 0.15) is 21.5 Å². The molecule has 2 aromatic carbocycles. The second-order valence-electron chi connectivity index (χ2n) is 5.82. The van der Waals surface area contributed by atoms with Gasteiger partial charge in [-0.15, -0.1) is 0 Å². The highest BCUT2D eigenvalue weighted by atomic mass is 19.3. The van der Waals surface area contributed by atoms with Crippen molar-refractivity contribution in [2.45, 2.75) is 20.1 Å². The first-order valence-corrected chi connectivity index (χ1v) is 7.97. The van der Waals surface area contributed by atoms with Crippen LogP contribution < -0.4 is 10.1 Å². The van der Waals surface area contributed by atoms with Crippen LogP contribution in [0.2, 0.25) is 0 Å². The lowest BCUT2D eigenvalue weighted by atomic mass is 10.1. The lowest BCUT2D eigenvalue weighted by molar-refractivity contribution is -0.129. The molecule has 0 aliphatic carbocycles. The molecule has 1 N–H and O–H groups in total. The van der Waals surface area contributed by atoms with E-state index < -0.39 is 12.5 Å². The summed E-state index contributed by atoms with van der Waals surface area (Å²) in [7, 11) is 1.64. The Kier molecular flexibility index (Phi) is 6.66. The Morgan fingerprint density at radius 3 is 2.50 bits per heavy atom. The second kappa shape index (κ2) is 8.94. The number of amides is 2. The van der Waals surface area contributed by atoms with Gasteiger partial charge in [0.2, 0.25) is 5.91 Å². The number of benzene rings is 2. The summed E-state index contributed by atoms with van der Waals surface area (Å²) in [6.45, 7) is -0.756. The number of carbonyl (C=O) groups excluding carboxylic acids is 2. The fourth-order valence-corrected chi connectivity index (χ4v) is 2.26. The minimum absolute atomic E-state index is 0.115. The monoisotopic (exact) mass is 362 g/mol. The predicted molar refractivity (Wildman–Crippen MR) is 93.1 cm³/mol. The van der Waals surface area contributed by atoms with E-state index in [1.54, 1.807) is 7.05 Å². The van der Waals surface area contributed by atoms with Crippen LogP contribution >= 0.6 is 0 Å². The summed E-state index contributed by atoms with van der Waals surface area (Å²) < 4.78 is 28.7. The number of carbonyl (C=O) groups is 2. The maximum atomic E-state index is 12.2. The van der Waals surface area contributed by atoms with Gasteiger partial charge in [0, 0.05) is 19.2 Å². The van der Waals surface area contributed by atoms with Crippen LogP contribution in [-0.4, -0.2) is 36.9 Å². The van der Waals surface area contributed by atoms with E-state index in [0.717, 1.165) is 11.1 Å². The summed E-state index contributed by atoms with van der Waals surface area (Å²) in [5.74, 6) is -0.920. The minimum Gasteiger partial charge on any atom is -0.435 e. The summed E-state index contributed by atoms with van der Waals surface area (Å²) in [6.07, 6.45) is 0. The van der Waals surface area contributed by atoms with Crippen LogP contribution in [0.5, 0.6) is 5.75 Å². The Balaban J connectivity index is 1.87. The molecule has 0 aliphatic heterocycles. The van der Waals surface area contributed by atoms with E-state index in [9.17, 15) is 18.4 Å². The topological polar surface area (TPSA) is 58.6 Å². The number of rotatable bonds is 7.